The Morgan fingerprint density at radius 3 is 2.67 bits per heavy atom. The molecule has 0 atom stereocenters. The molecule has 5 heteroatoms. The summed E-state index contributed by atoms with van der Waals surface area (Å²) in [7, 11) is 0. The summed E-state index contributed by atoms with van der Waals surface area (Å²) in [6.07, 6.45) is 1.58. The maximum atomic E-state index is 11.9. The van der Waals surface area contributed by atoms with Crippen LogP contribution < -0.4 is 15.5 Å². The summed E-state index contributed by atoms with van der Waals surface area (Å²) in [5.41, 5.74) is 4.17. The van der Waals surface area contributed by atoms with Gasteiger partial charge in [-0.05, 0) is 54.9 Å². The summed E-state index contributed by atoms with van der Waals surface area (Å²) in [5, 5.41) is 6.98. The van der Waals surface area contributed by atoms with Gasteiger partial charge in [-0.15, -0.1) is 0 Å². The minimum Gasteiger partial charge on any atom is -0.358 e. The third-order valence-electron chi connectivity index (χ3n) is 4.11. The highest BCUT2D eigenvalue weighted by molar-refractivity contribution is 7.80. The minimum atomic E-state index is 0.207. The molecule has 0 aromatic heterocycles. The number of rotatable bonds is 4. The van der Waals surface area contributed by atoms with Crippen molar-refractivity contribution in [3.63, 3.8) is 0 Å². The zero-order valence-corrected chi connectivity index (χ0v) is 14.5. The van der Waals surface area contributed by atoms with Crippen LogP contribution in [0.3, 0.4) is 0 Å². The van der Waals surface area contributed by atoms with Crippen molar-refractivity contribution in [3.8, 4) is 0 Å². The number of nitrogens with zero attached hydrogens (tertiary/aromatic N) is 1. The van der Waals surface area contributed by atoms with Gasteiger partial charge in [0.15, 0.2) is 5.11 Å². The predicted molar refractivity (Wildman–Crippen MR) is 102 cm³/mol. The highest BCUT2D eigenvalue weighted by Gasteiger charge is 2.22. The molecule has 0 radical (unpaired) electrons. The second-order valence-electron chi connectivity index (χ2n) is 5.94. The van der Waals surface area contributed by atoms with Crippen LogP contribution in [0.15, 0.2) is 48.5 Å². The SMILES string of the molecule is Cc1cc(NC(=S)NCc2ccccc2)ccc1N1CCCC1=O. The molecule has 0 spiro atoms. The summed E-state index contributed by atoms with van der Waals surface area (Å²) < 4.78 is 0. The van der Waals surface area contributed by atoms with E-state index in [1.54, 1.807) is 0 Å². The smallest absolute Gasteiger partial charge is 0.227 e. The van der Waals surface area contributed by atoms with E-state index in [2.05, 4.69) is 22.8 Å². The molecule has 124 valence electrons. The van der Waals surface area contributed by atoms with Gasteiger partial charge < -0.3 is 15.5 Å². The number of carbonyl (C=O) groups is 1. The molecule has 1 aliphatic rings. The predicted octanol–water partition coefficient (Wildman–Crippen LogP) is 3.61. The van der Waals surface area contributed by atoms with Crippen molar-refractivity contribution in [1.82, 2.24) is 5.32 Å². The van der Waals surface area contributed by atoms with Crippen LogP contribution in [0.25, 0.3) is 0 Å². The summed E-state index contributed by atoms with van der Waals surface area (Å²) in [4.78, 5) is 13.8. The van der Waals surface area contributed by atoms with E-state index in [1.165, 1.54) is 5.56 Å². The van der Waals surface area contributed by atoms with E-state index in [-0.39, 0.29) is 5.91 Å². The lowest BCUT2D eigenvalue weighted by Crippen LogP contribution is -2.28. The molecule has 2 aromatic carbocycles. The fourth-order valence-electron chi connectivity index (χ4n) is 2.89. The van der Waals surface area contributed by atoms with Crippen LogP contribution in [0.4, 0.5) is 11.4 Å². The van der Waals surface area contributed by atoms with E-state index in [4.69, 9.17) is 12.2 Å². The van der Waals surface area contributed by atoms with Crippen molar-refractivity contribution in [2.24, 2.45) is 0 Å². The van der Waals surface area contributed by atoms with Crippen molar-refractivity contribution in [2.75, 3.05) is 16.8 Å². The van der Waals surface area contributed by atoms with Crippen LogP contribution in [0, 0.1) is 6.92 Å². The summed E-state index contributed by atoms with van der Waals surface area (Å²) in [5.74, 6) is 0.207. The zero-order valence-electron chi connectivity index (χ0n) is 13.7. The van der Waals surface area contributed by atoms with Gasteiger partial charge in [0.1, 0.15) is 0 Å². The van der Waals surface area contributed by atoms with Crippen LogP contribution in [0.2, 0.25) is 0 Å². The lowest BCUT2D eigenvalue weighted by molar-refractivity contribution is -0.117. The standard InChI is InChI=1S/C19H21N3OS/c1-14-12-16(9-10-17(14)22-11-5-8-18(22)23)21-19(24)20-13-15-6-3-2-4-7-15/h2-4,6-7,9-10,12H,5,8,11,13H2,1H3,(H2,20,21,24). The van der Waals surface area contributed by atoms with Gasteiger partial charge >= 0.3 is 0 Å². The Hall–Kier alpha value is -2.40. The second kappa shape index (κ2) is 7.45. The van der Waals surface area contributed by atoms with Crippen LogP contribution >= 0.6 is 12.2 Å². The molecule has 1 fully saturated rings. The zero-order chi connectivity index (χ0) is 16.9. The number of benzene rings is 2. The van der Waals surface area contributed by atoms with E-state index in [1.807, 2.05) is 48.2 Å². The third-order valence-corrected chi connectivity index (χ3v) is 4.36. The largest absolute Gasteiger partial charge is 0.358 e. The molecule has 0 saturated carbocycles. The van der Waals surface area contributed by atoms with Gasteiger partial charge in [0.2, 0.25) is 5.91 Å². The van der Waals surface area contributed by atoms with Gasteiger partial charge in [-0.25, -0.2) is 0 Å². The lowest BCUT2D eigenvalue weighted by Gasteiger charge is -2.19. The van der Waals surface area contributed by atoms with Crippen LogP contribution in [0.5, 0.6) is 0 Å². The first-order valence-electron chi connectivity index (χ1n) is 8.13. The van der Waals surface area contributed by atoms with E-state index >= 15 is 0 Å². The molecule has 2 N–H and O–H groups in total. The summed E-state index contributed by atoms with van der Waals surface area (Å²) >= 11 is 5.35. The molecule has 1 amide bonds. The molecule has 2 aromatic rings. The number of carbonyl (C=O) groups excluding carboxylic acids is 1. The monoisotopic (exact) mass is 339 g/mol. The molecule has 24 heavy (non-hydrogen) atoms. The van der Waals surface area contributed by atoms with E-state index in [0.717, 1.165) is 29.9 Å². The summed E-state index contributed by atoms with van der Waals surface area (Å²) in [6, 6.07) is 16.1. The average Bonchev–Trinajstić information content (AvgIpc) is 3.00. The minimum absolute atomic E-state index is 0.207. The van der Waals surface area contributed by atoms with Gasteiger partial charge in [0.05, 0.1) is 0 Å². The Morgan fingerprint density at radius 1 is 1.21 bits per heavy atom. The maximum Gasteiger partial charge on any atom is 0.227 e. The molecule has 3 rings (SSSR count). The molecule has 0 bridgehead atoms. The molecule has 0 aliphatic carbocycles. The van der Waals surface area contributed by atoms with Crippen molar-refractivity contribution < 1.29 is 4.79 Å². The first kappa shape index (κ1) is 16.5. The Bertz CT molecular complexity index is 746. The molecule has 4 nitrogen and oxygen atoms in total. The highest BCUT2D eigenvalue weighted by atomic mass is 32.1. The number of aryl methyl sites for hydroxylation is 1. The van der Waals surface area contributed by atoms with Crippen molar-refractivity contribution in [3.05, 3.63) is 59.7 Å². The highest BCUT2D eigenvalue weighted by Crippen LogP contribution is 2.27. The van der Waals surface area contributed by atoms with Gasteiger partial charge in [-0.1, -0.05) is 30.3 Å². The van der Waals surface area contributed by atoms with Gasteiger partial charge in [-0.3, -0.25) is 4.79 Å². The second-order valence-corrected chi connectivity index (χ2v) is 6.35. The summed E-state index contributed by atoms with van der Waals surface area (Å²) in [6.45, 7) is 3.52. The van der Waals surface area contributed by atoms with Gasteiger partial charge in [-0.2, -0.15) is 0 Å². The first-order valence-corrected chi connectivity index (χ1v) is 8.54. The van der Waals surface area contributed by atoms with Crippen LogP contribution in [-0.2, 0) is 11.3 Å². The lowest BCUT2D eigenvalue weighted by atomic mass is 10.1. The number of hydrogen-bond donors (Lipinski definition) is 2. The van der Waals surface area contributed by atoms with E-state index in [9.17, 15) is 4.79 Å². The Balaban J connectivity index is 1.60. The number of amides is 1. The number of hydrogen-bond acceptors (Lipinski definition) is 2. The van der Waals surface area contributed by atoms with Crippen LogP contribution in [-0.4, -0.2) is 17.6 Å². The van der Waals surface area contributed by atoms with Crippen molar-refractivity contribution in [2.45, 2.75) is 26.3 Å². The molecule has 1 saturated heterocycles. The topological polar surface area (TPSA) is 44.4 Å². The van der Waals surface area contributed by atoms with E-state index < -0.39 is 0 Å². The third kappa shape index (κ3) is 3.92. The van der Waals surface area contributed by atoms with Crippen molar-refractivity contribution in [1.29, 1.82) is 0 Å². The molecule has 1 heterocycles. The number of thiocarbonyl (C=S) groups is 1. The number of nitrogens with one attached hydrogen (secondary N) is 2. The molecular weight excluding hydrogens is 318 g/mol. The van der Waals surface area contributed by atoms with Crippen LogP contribution in [0.1, 0.15) is 24.0 Å². The first-order chi connectivity index (χ1) is 11.6. The fraction of sp³-hybridized carbons (Fsp3) is 0.263. The van der Waals surface area contributed by atoms with Crippen molar-refractivity contribution >= 4 is 34.6 Å². The molecule has 1 aliphatic heterocycles. The fourth-order valence-corrected chi connectivity index (χ4v) is 3.08. The normalized spacial score (nSPS) is 13.9. The van der Waals surface area contributed by atoms with Gasteiger partial charge in [0, 0.05) is 30.9 Å². The Kier molecular flexibility index (Phi) is 5.11. The van der Waals surface area contributed by atoms with E-state index in [0.29, 0.717) is 18.1 Å². The quantitative estimate of drug-likeness (QED) is 0.835. The van der Waals surface area contributed by atoms with Gasteiger partial charge in [0.25, 0.3) is 0 Å². The molecule has 0 unspecified atom stereocenters. The maximum absolute atomic E-state index is 11.9. The number of anilines is 2. The molecular formula is C19H21N3OS. The Morgan fingerprint density at radius 2 is 2.00 bits per heavy atom. The Labute approximate surface area is 147 Å². The average molecular weight is 339 g/mol.